The van der Waals surface area contributed by atoms with Gasteiger partial charge in [0.05, 0.1) is 22.0 Å². The van der Waals surface area contributed by atoms with E-state index in [4.69, 9.17) is 16.6 Å². The topological polar surface area (TPSA) is 80.6 Å². The molecule has 3 heterocycles. The second kappa shape index (κ2) is 8.97. The minimum absolute atomic E-state index is 0.116. The summed E-state index contributed by atoms with van der Waals surface area (Å²) in [5.41, 5.74) is 2.03. The summed E-state index contributed by atoms with van der Waals surface area (Å²) in [6, 6.07) is 14.8. The van der Waals surface area contributed by atoms with Crippen LogP contribution in [0.15, 0.2) is 81.3 Å². The van der Waals surface area contributed by atoms with Gasteiger partial charge in [-0.25, -0.2) is 9.97 Å². The molecule has 5 rings (SSSR count). The lowest BCUT2D eigenvalue weighted by Crippen LogP contribution is -2.22. The molecule has 2 aromatic carbocycles. The lowest BCUT2D eigenvalue weighted by molar-refractivity contribution is 0.672. The number of benzene rings is 2. The van der Waals surface area contributed by atoms with Crippen molar-refractivity contribution in [3.8, 4) is 11.1 Å². The number of nitrogens with zero attached hydrogens (tertiary/aromatic N) is 3. The first-order chi connectivity index (χ1) is 16.0. The summed E-state index contributed by atoms with van der Waals surface area (Å²) in [6.45, 7) is 4.12. The Morgan fingerprint density at radius 3 is 2.76 bits per heavy atom. The minimum Gasteiger partial charge on any atom is -0.309 e. The lowest BCUT2D eigenvalue weighted by atomic mass is 10.1. The number of halogens is 1. The minimum atomic E-state index is -0.232. The highest BCUT2D eigenvalue weighted by molar-refractivity contribution is 7.98. The predicted molar refractivity (Wildman–Crippen MR) is 136 cm³/mol. The maximum Gasteiger partial charge on any atom is 0.263 e. The number of hydrogen-bond acceptors (Lipinski definition) is 6. The molecule has 1 N–H and O–H groups in total. The predicted octanol–water partition coefficient (Wildman–Crippen LogP) is 5.49. The monoisotopic (exact) mass is 492 g/mol. The molecule has 6 nitrogen and oxygen atoms in total. The van der Waals surface area contributed by atoms with Crippen molar-refractivity contribution in [3.63, 3.8) is 0 Å². The number of aromatic nitrogens is 4. The summed E-state index contributed by atoms with van der Waals surface area (Å²) < 4.78 is 1.61. The summed E-state index contributed by atoms with van der Waals surface area (Å²) in [7, 11) is 0. The normalized spacial score (nSPS) is 11.3. The third kappa shape index (κ3) is 4.13. The highest BCUT2D eigenvalue weighted by atomic mass is 35.5. The molecule has 3 aromatic heterocycles. The van der Waals surface area contributed by atoms with Gasteiger partial charge < -0.3 is 4.98 Å². The van der Waals surface area contributed by atoms with Crippen molar-refractivity contribution < 1.29 is 0 Å². The Hall–Kier alpha value is -3.20. The Morgan fingerprint density at radius 2 is 1.97 bits per heavy atom. The quantitative estimate of drug-likeness (QED) is 0.192. The van der Waals surface area contributed by atoms with E-state index in [1.54, 1.807) is 28.8 Å². The third-order valence-corrected chi connectivity index (χ3v) is 7.21. The van der Waals surface area contributed by atoms with Gasteiger partial charge in [-0.1, -0.05) is 59.8 Å². The van der Waals surface area contributed by atoms with Gasteiger partial charge in [-0.2, -0.15) is 0 Å². The third-order valence-electron chi connectivity index (χ3n) is 5.11. The van der Waals surface area contributed by atoms with E-state index in [0.29, 0.717) is 49.4 Å². The van der Waals surface area contributed by atoms with Gasteiger partial charge in [0.2, 0.25) is 0 Å². The average molecular weight is 493 g/mol. The van der Waals surface area contributed by atoms with E-state index in [-0.39, 0.29) is 11.1 Å². The molecule has 164 valence electrons. The molecule has 0 aliphatic rings. The van der Waals surface area contributed by atoms with Crippen LogP contribution in [-0.2, 0) is 12.3 Å². The first-order valence-corrected chi connectivity index (χ1v) is 12.3. The number of H-pyrrole nitrogens is 1. The summed E-state index contributed by atoms with van der Waals surface area (Å²) in [5, 5.41) is 4.10. The number of thioether (sulfide) groups is 1. The van der Waals surface area contributed by atoms with E-state index in [0.717, 1.165) is 11.1 Å². The largest absolute Gasteiger partial charge is 0.309 e. The van der Waals surface area contributed by atoms with E-state index in [1.807, 2.05) is 35.7 Å². The lowest BCUT2D eigenvalue weighted by Gasteiger charge is -2.11. The van der Waals surface area contributed by atoms with Crippen LogP contribution in [0.5, 0.6) is 0 Å². The molecule has 33 heavy (non-hydrogen) atoms. The number of rotatable bonds is 6. The standard InChI is InChI=1S/C24H17ClN4O2S2/c1-2-10-29-23(31)20-17(14-6-4-3-5-7-14)12-32-22(20)28-24(29)33-13-19-26-18-11-15(25)8-9-16(18)21(30)27-19/h2-9,11-12H,1,10,13H2,(H,26,27,30). The number of allylic oxidation sites excluding steroid dienone is 1. The molecule has 0 bridgehead atoms. The van der Waals surface area contributed by atoms with E-state index >= 15 is 0 Å². The Morgan fingerprint density at radius 1 is 1.15 bits per heavy atom. The number of hydrogen-bond donors (Lipinski definition) is 1. The zero-order valence-electron chi connectivity index (χ0n) is 17.2. The van der Waals surface area contributed by atoms with Gasteiger partial charge in [-0.15, -0.1) is 17.9 Å². The van der Waals surface area contributed by atoms with Gasteiger partial charge in [0.1, 0.15) is 10.7 Å². The zero-order valence-corrected chi connectivity index (χ0v) is 19.6. The molecule has 5 aromatic rings. The second-order valence-electron chi connectivity index (χ2n) is 7.26. The Labute approximate surface area is 201 Å². The number of thiophene rings is 1. The van der Waals surface area contributed by atoms with Gasteiger partial charge in [0.25, 0.3) is 11.1 Å². The van der Waals surface area contributed by atoms with Crippen molar-refractivity contribution in [1.29, 1.82) is 0 Å². The summed E-state index contributed by atoms with van der Waals surface area (Å²) in [6.07, 6.45) is 1.67. The van der Waals surface area contributed by atoms with Crippen LogP contribution in [0, 0.1) is 0 Å². The number of nitrogens with one attached hydrogen (secondary N) is 1. The van der Waals surface area contributed by atoms with E-state index in [2.05, 4.69) is 16.5 Å². The van der Waals surface area contributed by atoms with Crippen LogP contribution in [0.1, 0.15) is 5.82 Å². The Balaban J connectivity index is 1.55. The van der Waals surface area contributed by atoms with Crippen molar-refractivity contribution in [2.75, 3.05) is 0 Å². The first-order valence-electron chi connectivity index (χ1n) is 10.0. The summed E-state index contributed by atoms with van der Waals surface area (Å²) in [4.78, 5) is 38.7. The molecular formula is C24H17ClN4O2S2. The van der Waals surface area contributed by atoms with Crippen LogP contribution in [0.25, 0.3) is 32.2 Å². The molecule has 0 amide bonds. The molecule has 0 aliphatic heterocycles. The first kappa shape index (κ1) is 21.6. The molecule has 0 saturated heterocycles. The van der Waals surface area contributed by atoms with E-state index in [9.17, 15) is 9.59 Å². The zero-order chi connectivity index (χ0) is 22.9. The maximum absolute atomic E-state index is 13.5. The number of aromatic amines is 1. The van der Waals surface area contributed by atoms with Crippen LogP contribution in [0.2, 0.25) is 5.02 Å². The van der Waals surface area contributed by atoms with Crippen molar-refractivity contribution in [2.24, 2.45) is 0 Å². The van der Waals surface area contributed by atoms with Gasteiger partial charge >= 0.3 is 0 Å². The highest BCUT2D eigenvalue weighted by Crippen LogP contribution is 2.32. The van der Waals surface area contributed by atoms with Crippen molar-refractivity contribution in [2.45, 2.75) is 17.5 Å². The van der Waals surface area contributed by atoms with Gasteiger partial charge in [0.15, 0.2) is 5.16 Å². The second-order valence-corrected chi connectivity index (χ2v) is 9.49. The smallest absolute Gasteiger partial charge is 0.263 e. The fourth-order valence-corrected chi connectivity index (χ4v) is 5.63. The van der Waals surface area contributed by atoms with Crippen LogP contribution in [0.4, 0.5) is 0 Å². The molecule has 0 spiro atoms. The van der Waals surface area contributed by atoms with E-state index in [1.165, 1.54) is 23.1 Å². The highest BCUT2D eigenvalue weighted by Gasteiger charge is 2.17. The molecule has 0 fully saturated rings. The Bertz CT molecular complexity index is 1620. The SMILES string of the molecule is C=CCn1c(SCc2nc3cc(Cl)ccc3c(=O)[nH]2)nc2scc(-c3ccccc3)c2c1=O. The van der Waals surface area contributed by atoms with Crippen LogP contribution in [-0.4, -0.2) is 19.5 Å². The van der Waals surface area contributed by atoms with Crippen molar-refractivity contribution in [3.05, 3.63) is 98.1 Å². The fraction of sp³-hybridized carbons (Fsp3) is 0.0833. The number of fused-ring (bicyclic) bond motifs is 2. The van der Waals surface area contributed by atoms with Gasteiger partial charge in [-0.05, 0) is 23.8 Å². The van der Waals surface area contributed by atoms with Crippen molar-refractivity contribution >= 4 is 55.8 Å². The molecular weight excluding hydrogens is 476 g/mol. The maximum atomic E-state index is 13.5. The molecule has 0 atom stereocenters. The van der Waals surface area contributed by atoms with Crippen molar-refractivity contribution in [1.82, 2.24) is 19.5 Å². The van der Waals surface area contributed by atoms with Gasteiger partial charge in [-0.3, -0.25) is 14.2 Å². The van der Waals surface area contributed by atoms with Crippen LogP contribution < -0.4 is 11.1 Å². The van der Waals surface area contributed by atoms with Gasteiger partial charge in [0, 0.05) is 22.5 Å². The molecule has 9 heteroatoms. The Kier molecular flexibility index (Phi) is 5.88. The molecule has 0 unspecified atom stereocenters. The summed E-state index contributed by atoms with van der Waals surface area (Å²) >= 11 is 8.84. The molecule has 0 saturated carbocycles. The average Bonchev–Trinajstić information content (AvgIpc) is 3.24. The molecule has 0 aliphatic carbocycles. The molecule has 0 radical (unpaired) electrons. The fourth-order valence-electron chi connectivity index (χ4n) is 3.60. The summed E-state index contributed by atoms with van der Waals surface area (Å²) in [5.74, 6) is 0.819. The van der Waals surface area contributed by atoms with Crippen LogP contribution >= 0.6 is 34.7 Å². The van der Waals surface area contributed by atoms with Crippen LogP contribution in [0.3, 0.4) is 0 Å². The van der Waals surface area contributed by atoms with E-state index < -0.39 is 0 Å².